The molecular weight excluding hydrogens is 436 g/mol. The van der Waals surface area contributed by atoms with Gasteiger partial charge in [-0.05, 0) is 67.3 Å². The average molecular weight is 459 g/mol. The molecule has 0 bridgehead atoms. The van der Waals surface area contributed by atoms with Crippen molar-refractivity contribution in [2.24, 2.45) is 11.0 Å². The molecule has 1 N–H and O–H groups in total. The Balaban J connectivity index is 1.28. The van der Waals surface area contributed by atoms with Gasteiger partial charge in [-0.1, -0.05) is 23.9 Å². The number of amides is 1. The number of hydrazone groups is 1. The van der Waals surface area contributed by atoms with Gasteiger partial charge < -0.3 is 13.8 Å². The third-order valence-electron chi connectivity index (χ3n) is 6.15. The molecule has 7 nitrogen and oxygen atoms in total. The number of rotatable bonds is 5. The van der Waals surface area contributed by atoms with Gasteiger partial charge >= 0.3 is 0 Å². The lowest BCUT2D eigenvalue weighted by atomic mass is 9.79. The number of furan rings is 2. The van der Waals surface area contributed by atoms with Crippen molar-refractivity contribution in [3.8, 4) is 0 Å². The maximum absolute atomic E-state index is 13.4. The number of benzene rings is 1. The predicted octanol–water partition coefficient (Wildman–Crippen LogP) is 5.66. The number of nitrogens with one attached hydrogen (secondary N) is 1. The lowest BCUT2D eigenvalue weighted by molar-refractivity contribution is -0.131. The second-order valence-corrected chi connectivity index (χ2v) is 9.18. The zero-order valence-electron chi connectivity index (χ0n) is 17.8. The number of allylic oxidation sites excluding steroid dienone is 1. The number of carbonyl (C=O) groups is 1. The van der Waals surface area contributed by atoms with Crippen molar-refractivity contribution in [3.05, 3.63) is 78.2 Å². The minimum Gasteiger partial charge on any atom is -0.467 e. The van der Waals surface area contributed by atoms with E-state index >= 15 is 0 Å². The molecule has 1 aromatic carbocycles. The van der Waals surface area contributed by atoms with Crippen molar-refractivity contribution < 1.29 is 13.6 Å². The molecule has 166 valence electrons. The molecule has 1 aliphatic heterocycles. The van der Waals surface area contributed by atoms with E-state index in [1.165, 1.54) is 11.8 Å². The average Bonchev–Trinajstić information content (AvgIpc) is 3.63. The maximum Gasteiger partial charge on any atom is 0.253 e. The fourth-order valence-corrected chi connectivity index (χ4v) is 5.42. The zero-order chi connectivity index (χ0) is 22.2. The Labute approximate surface area is 194 Å². The first-order chi connectivity index (χ1) is 16.3. The van der Waals surface area contributed by atoms with E-state index in [1.807, 2.05) is 54.6 Å². The van der Waals surface area contributed by atoms with Gasteiger partial charge in [0, 0.05) is 5.92 Å². The van der Waals surface area contributed by atoms with E-state index < -0.39 is 0 Å². The maximum atomic E-state index is 13.4. The molecule has 8 heteroatoms. The van der Waals surface area contributed by atoms with E-state index in [1.54, 1.807) is 17.5 Å². The molecule has 1 fully saturated rings. The van der Waals surface area contributed by atoms with Crippen LogP contribution in [0.15, 0.2) is 85.7 Å². The van der Waals surface area contributed by atoms with E-state index in [4.69, 9.17) is 13.9 Å². The van der Waals surface area contributed by atoms with Crippen molar-refractivity contribution in [2.75, 3.05) is 5.75 Å². The molecule has 1 saturated carbocycles. The van der Waals surface area contributed by atoms with Crippen LogP contribution in [0.1, 0.15) is 36.8 Å². The first-order valence-electron chi connectivity index (χ1n) is 11.0. The number of H-pyrrole nitrogens is 1. The lowest BCUT2D eigenvalue weighted by Crippen LogP contribution is -2.32. The van der Waals surface area contributed by atoms with E-state index in [0.29, 0.717) is 0 Å². The third-order valence-corrected chi connectivity index (χ3v) is 7.01. The van der Waals surface area contributed by atoms with Crippen molar-refractivity contribution in [1.82, 2.24) is 15.0 Å². The summed E-state index contributed by atoms with van der Waals surface area (Å²) in [4.78, 5) is 21.2. The second-order valence-electron chi connectivity index (χ2n) is 8.22. The van der Waals surface area contributed by atoms with Gasteiger partial charge in [0.25, 0.3) is 5.91 Å². The van der Waals surface area contributed by atoms with Crippen LogP contribution in [0, 0.1) is 5.92 Å². The Morgan fingerprint density at radius 2 is 2.03 bits per heavy atom. The number of carbonyl (C=O) groups excluding carboxylic acids is 1. The van der Waals surface area contributed by atoms with E-state index in [9.17, 15) is 4.79 Å². The van der Waals surface area contributed by atoms with Crippen LogP contribution < -0.4 is 0 Å². The van der Waals surface area contributed by atoms with E-state index in [-0.39, 0.29) is 23.6 Å². The largest absolute Gasteiger partial charge is 0.467 e. The van der Waals surface area contributed by atoms with E-state index in [0.717, 1.165) is 58.3 Å². The Kier molecular flexibility index (Phi) is 5.14. The Morgan fingerprint density at radius 3 is 2.85 bits per heavy atom. The molecule has 0 spiro atoms. The Hall–Kier alpha value is -3.52. The van der Waals surface area contributed by atoms with Gasteiger partial charge in [-0.2, -0.15) is 5.10 Å². The van der Waals surface area contributed by atoms with E-state index in [2.05, 4.69) is 9.97 Å². The van der Waals surface area contributed by atoms with Crippen LogP contribution in [0.4, 0.5) is 0 Å². The van der Waals surface area contributed by atoms with Gasteiger partial charge in [0.2, 0.25) is 0 Å². The number of aromatic amines is 1. The Morgan fingerprint density at radius 1 is 1.15 bits per heavy atom. The van der Waals surface area contributed by atoms with Gasteiger partial charge in [0.1, 0.15) is 17.6 Å². The number of nitrogens with zero attached hydrogens (tertiary/aromatic N) is 3. The van der Waals surface area contributed by atoms with Crippen LogP contribution >= 0.6 is 11.8 Å². The summed E-state index contributed by atoms with van der Waals surface area (Å²) >= 11 is 1.39. The Bertz CT molecular complexity index is 1300. The number of aromatic nitrogens is 2. The molecule has 4 heterocycles. The summed E-state index contributed by atoms with van der Waals surface area (Å²) in [7, 11) is 0. The van der Waals surface area contributed by atoms with Crippen LogP contribution in [-0.4, -0.2) is 32.3 Å². The van der Waals surface area contributed by atoms with Crippen molar-refractivity contribution in [1.29, 1.82) is 0 Å². The highest BCUT2D eigenvalue weighted by Gasteiger charge is 2.45. The predicted molar refractivity (Wildman–Crippen MR) is 127 cm³/mol. The van der Waals surface area contributed by atoms with Crippen LogP contribution in [0.25, 0.3) is 17.1 Å². The summed E-state index contributed by atoms with van der Waals surface area (Å²) in [6, 6.07) is 15.2. The van der Waals surface area contributed by atoms with Gasteiger partial charge in [0.05, 0.1) is 35.0 Å². The minimum absolute atomic E-state index is 0.0684. The number of hydrogen-bond donors (Lipinski definition) is 1. The van der Waals surface area contributed by atoms with Crippen LogP contribution in [0.5, 0.6) is 0 Å². The van der Waals surface area contributed by atoms with Crippen molar-refractivity contribution in [2.45, 2.75) is 30.5 Å². The number of hydrogen-bond acceptors (Lipinski definition) is 6. The summed E-state index contributed by atoms with van der Waals surface area (Å²) in [5.41, 5.74) is 3.93. The summed E-state index contributed by atoms with van der Waals surface area (Å²) in [5, 5.41) is 7.20. The highest BCUT2D eigenvalue weighted by Crippen LogP contribution is 2.44. The summed E-state index contributed by atoms with van der Waals surface area (Å²) < 4.78 is 11.3. The van der Waals surface area contributed by atoms with Crippen molar-refractivity contribution >= 4 is 40.5 Å². The highest BCUT2D eigenvalue weighted by atomic mass is 32.2. The van der Waals surface area contributed by atoms with Crippen molar-refractivity contribution in [3.63, 3.8) is 0 Å². The molecule has 0 radical (unpaired) electrons. The molecule has 33 heavy (non-hydrogen) atoms. The lowest BCUT2D eigenvalue weighted by Gasteiger charge is -2.27. The third kappa shape index (κ3) is 3.80. The van der Waals surface area contributed by atoms with Gasteiger partial charge in [-0.25, -0.2) is 9.99 Å². The number of fused-ring (bicyclic) bond motifs is 2. The molecule has 2 unspecified atom stereocenters. The SMILES string of the molecule is O=C(CSc1nc2ccccc2[nH]1)N1N=C2C(=Cc3ccco3)CCCC2C1c1ccco1. The quantitative estimate of drug-likeness (QED) is 0.390. The molecule has 2 atom stereocenters. The fourth-order valence-electron chi connectivity index (χ4n) is 4.68. The molecule has 2 aliphatic rings. The van der Waals surface area contributed by atoms with Gasteiger partial charge in [-0.15, -0.1) is 0 Å². The number of imidazole rings is 1. The fraction of sp³-hybridized carbons (Fsp3) is 0.240. The summed E-state index contributed by atoms with van der Waals surface area (Å²) in [6.07, 6.45) is 8.27. The molecular formula is C25H22N4O3S. The smallest absolute Gasteiger partial charge is 0.253 e. The van der Waals surface area contributed by atoms with Crippen LogP contribution in [0.3, 0.4) is 0 Å². The highest BCUT2D eigenvalue weighted by molar-refractivity contribution is 7.99. The zero-order valence-corrected chi connectivity index (χ0v) is 18.6. The van der Waals surface area contributed by atoms with Gasteiger partial charge in [0.15, 0.2) is 5.16 Å². The monoisotopic (exact) mass is 458 g/mol. The van der Waals surface area contributed by atoms with Crippen LogP contribution in [0.2, 0.25) is 0 Å². The number of para-hydroxylation sites is 2. The molecule has 1 amide bonds. The first-order valence-corrected chi connectivity index (χ1v) is 12.0. The minimum atomic E-state index is -0.237. The molecule has 1 aliphatic carbocycles. The van der Waals surface area contributed by atoms with Crippen LogP contribution in [-0.2, 0) is 4.79 Å². The molecule has 4 aromatic rings. The normalized spacial score (nSPS) is 21.5. The molecule has 0 saturated heterocycles. The van der Waals surface area contributed by atoms with Gasteiger partial charge in [-0.3, -0.25) is 4.79 Å². The topological polar surface area (TPSA) is 87.6 Å². The second kappa shape index (κ2) is 8.44. The summed E-state index contributed by atoms with van der Waals surface area (Å²) in [5.74, 6) is 1.83. The molecule has 3 aromatic heterocycles. The standard InChI is InChI=1S/C25H22N4O3S/c30-22(15-33-25-26-19-9-1-2-10-20(19)27-25)29-24(21-11-5-13-32-21)18-8-3-6-16(23(18)28-29)14-17-7-4-12-31-17/h1-2,4-5,7,9-14,18,24H,3,6,8,15H2,(H,26,27). The first kappa shape index (κ1) is 20.1. The summed E-state index contributed by atoms with van der Waals surface area (Å²) in [6.45, 7) is 0. The number of thioether (sulfide) groups is 1. The molecule has 6 rings (SSSR count).